The summed E-state index contributed by atoms with van der Waals surface area (Å²) in [7, 11) is 0. The number of hydrogen-bond acceptors (Lipinski definition) is 6. The summed E-state index contributed by atoms with van der Waals surface area (Å²) < 4.78 is 0. The molecule has 0 saturated carbocycles. The van der Waals surface area contributed by atoms with Gasteiger partial charge in [-0.1, -0.05) is 116 Å². The molecule has 6 rings (SSSR count). The van der Waals surface area contributed by atoms with Crippen LogP contribution in [-0.4, -0.2) is 99.7 Å². The normalized spacial score (nSPS) is 14.9. The van der Waals surface area contributed by atoms with Gasteiger partial charge in [-0.2, -0.15) is 0 Å². The first-order valence-electron chi connectivity index (χ1n) is 26.7. The molecule has 0 spiro atoms. The highest BCUT2D eigenvalue weighted by Gasteiger charge is 2.30. The van der Waals surface area contributed by atoms with Crippen LogP contribution in [0.25, 0.3) is 0 Å². The first kappa shape index (κ1) is 55.6. The molecule has 0 unspecified atom stereocenters. The van der Waals surface area contributed by atoms with Gasteiger partial charge in [0.15, 0.2) is 0 Å². The van der Waals surface area contributed by atoms with E-state index in [1.807, 2.05) is 58.3 Å². The van der Waals surface area contributed by atoms with Gasteiger partial charge in [0.25, 0.3) is 11.8 Å². The number of piperidine rings is 2. The summed E-state index contributed by atoms with van der Waals surface area (Å²) in [5.74, 6) is 0.191. The van der Waals surface area contributed by atoms with Gasteiger partial charge in [0, 0.05) is 68.0 Å². The summed E-state index contributed by atoms with van der Waals surface area (Å²) in [4.78, 5) is 59.3. The second-order valence-electron chi connectivity index (χ2n) is 20.7. The number of rotatable bonds is 24. The van der Waals surface area contributed by atoms with Crippen molar-refractivity contribution in [1.82, 2.24) is 19.6 Å². The van der Waals surface area contributed by atoms with Crippen molar-refractivity contribution in [3.05, 3.63) is 142 Å². The Kier molecular flexibility index (Phi) is 23.1. The number of carbonyl (C=O) groups is 4. The van der Waals surface area contributed by atoms with Crippen LogP contribution in [0.3, 0.4) is 0 Å². The van der Waals surface area contributed by atoms with Gasteiger partial charge in [-0.15, -0.1) is 0 Å². The molecule has 0 bridgehead atoms. The van der Waals surface area contributed by atoms with Crippen molar-refractivity contribution in [3.63, 3.8) is 0 Å². The van der Waals surface area contributed by atoms with Crippen molar-refractivity contribution in [2.24, 2.45) is 17.6 Å². The molecule has 380 valence electrons. The molecule has 4 aromatic rings. The third-order valence-electron chi connectivity index (χ3n) is 14.2. The van der Waals surface area contributed by atoms with E-state index in [2.05, 4.69) is 75.6 Å². The lowest BCUT2D eigenvalue weighted by atomic mass is 9.99. The topological polar surface area (TPSA) is 127 Å². The fraction of sp³-hybridized carbons (Fsp3) is 0.533. The first-order valence-corrected chi connectivity index (χ1v) is 26.7. The third kappa shape index (κ3) is 18.1. The minimum absolute atomic E-state index is 0.0630. The first-order chi connectivity index (χ1) is 33.7. The molecule has 10 nitrogen and oxygen atoms in total. The largest absolute Gasteiger partial charge is 0.478 e. The molecule has 0 radical (unpaired) electrons. The van der Waals surface area contributed by atoms with Crippen LogP contribution in [-0.2, 0) is 25.9 Å². The van der Waals surface area contributed by atoms with E-state index in [1.165, 1.54) is 62.5 Å². The molecule has 4 aromatic carbocycles. The number of carbonyl (C=O) groups excluding carboxylic acids is 3. The molecule has 0 atom stereocenters. The molecule has 2 aliphatic rings. The average molecular weight is 956 g/mol. The Hall–Kier alpha value is -5.32. The van der Waals surface area contributed by atoms with E-state index in [4.69, 9.17) is 5.73 Å². The lowest BCUT2D eigenvalue weighted by Gasteiger charge is -2.39. The zero-order valence-corrected chi connectivity index (χ0v) is 43.5. The lowest BCUT2D eigenvalue weighted by molar-refractivity contribution is 0.0539. The van der Waals surface area contributed by atoms with Gasteiger partial charge >= 0.3 is 5.97 Å². The maximum atomic E-state index is 13.7. The van der Waals surface area contributed by atoms with Gasteiger partial charge < -0.3 is 30.4 Å². The predicted molar refractivity (Wildman–Crippen MR) is 285 cm³/mol. The van der Waals surface area contributed by atoms with E-state index < -0.39 is 11.9 Å². The Morgan fingerprint density at radius 3 is 1.16 bits per heavy atom. The van der Waals surface area contributed by atoms with Crippen molar-refractivity contribution in [3.8, 4) is 0 Å². The van der Waals surface area contributed by atoms with Crippen molar-refractivity contribution < 1.29 is 24.3 Å². The van der Waals surface area contributed by atoms with Gasteiger partial charge in [-0.3, -0.25) is 14.4 Å². The van der Waals surface area contributed by atoms with E-state index >= 15 is 0 Å². The lowest BCUT2D eigenvalue weighted by Crippen LogP contribution is -2.47. The van der Waals surface area contributed by atoms with Gasteiger partial charge in [-0.25, -0.2) is 4.79 Å². The SMILES string of the molecule is CCCCCc1ccc(C(=O)N(Cc2ccc(C(=O)O)cc2)C2CCN(CCC(C)C)CC2)cc1.CCCCCc1ccc(C(=O)N(Cc2ccc(C(N)=O)cc2)C2CCN(CCC(C)C)CC2)cc1. The van der Waals surface area contributed by atoms with Crippen LogP contribution >= 0.6 is 0 Å². The Balaban J connectivity index is 0.000000261. The monoisotopic (exact) mass is 956 g/mol. The van der Waals surface area contributed by atoms with E-state index in [0.29, 0.717) is 30.5 Å². The maximum absolute atomic E-state index is 13.7. The number of benzene rings is 4. The summed E-state index contributed by atoms with van der Waals surface area (Å²) in [6, 6.07) is 31.0. The number of aromatic carboxylic acids is 1. The van der Waals surface area contributed by atoms with Crippen molar-refractivity contribution in [1.29, 1.82) is 0 Å². The standard InChI is InChI=1S/C30H43N3O2.C30H42N2O3/c1-4-5-6-7-24-8-14-27(15-9-24)30(35)33(22-25-10-12-26(13-11-25)29(31)34)28-17-20-32(21-18-28)19-16-23(2)3;1-4-5-6-7-24-8-12-26(13-9-24)29(33)32(22-25-10-14-27(15-11-25)30(34)35)28-17-20-31(21-18-28)19-16-23(2)3/h8-15,23,28H,4-7,16-22H2,1-3H3,(H2,31,34);8-15,23,28H,4-7,16-22H2,1-3H3,(H,34,35). The third-order valence-corrected chi connectivity index (χ3v) is 14.2. The van der Waals surface area contributed by atoms with Crippen molar-refractivity contribution >= 4 is 23.7 Å². The molecule has 2 fully saturated rings. The summed E-state index contributed by atoms with van der Waals surface area (Å²) >= 11 is 0. The number of nitrogens with zero attached hydrogens (tertiary/aromatic N) is 4. The van der Waals surface area contributed by atoms with Gasteiger partial charge in [0.2, 0.25) is 5.91 Å². The molecule has 2 heterocycles. The van der Waals surface area contributed by atoms with Crippen LogP contribution < -0.4 is 5.73 Å². The van der Waals surface area contributed by atoms with Crippen LogP contribution in [0.4, 0.5) is 0 Å². The maximum Gasteiger partial charge on any atom is 0.335 e. The molecule has 0 aromatic heterocycles. The number of aryl methyl sites for hydroxylation is 2. The second kappa shape index (κ2) is 29.1. The van der Waals surface area contributed by atoms with E-state index in [-0.39, 0.29) is 29.5 Å². The number of primary amides is 1. The quantitative estimate of drug-likeness (QED) is 0.0670. The minimum Gasteiger partial charge on any atom is -0.478 e. The van der Waals surface area contributed by atoms with Gasteiger partial charge in [-0.05, 0) is 160 Å². The number of likely N-dealkylation sites (tertiary alicyclic amines) is 2. The molecule has 3 amide bonds. The molecule has 70 heavy (non-hydrogen) atoms. The predicted octanol–water partition coefficient (Wildman–Crippen LogP) is 11.9. The van der Waals surface area contributed by atoms with Crippen LogP contribution in [0, 0.1) is 11.8 Å². The molecular formula is C60H85N5O5. The second-order valence-corrected chi connectivity index (χ2v) is 20.7. The number of unbranched alkanes of at least 4 members (excludes halogenated alkanes) is 4. The van der Waals surface area contributed by atoms with Crippen molar-refractivity contribution in [2.45, 2.75) is 157 Å². The van der Waals surface area contributed by atoms with Crippen LogP contribution in [0.2, 0.25) is 0 Å². The fourth-order valence-electron chi connectivity index (χ4n) is 9.56. The van der Waals surface area contributed by atoms with Crippen LogP contribution in [0.5, 0.6) is 0 Å². The van der Waals surface area contributed by atoms with E-state index in [1.54, 1.807) is 24.3 Å². The summed E-state index contributed by atoms with van der Waals surface area (Å²) in [6.45, 7) is 20.8. The Morgan fingerprint density at radius 1 is 0.514 bits per heavy atom. The summed E-state index contributed by atoms with van der Waals surface area (Å²) in [5, 5.41) is 9.22. The number of amides is 3. The highest BCUT2D eigenvalue weighted by atomic mass is 16.4. The fourth-order valence-corrected chi connectivity index (χ4v) is 9.56. The Labute approximate surface area is 421 Å². The molecule has 2 saturated heterocycles. The highest BCUT2D eigenvalue weighted by molar-refractivity contribution is 5.95. The molecular weight excluding hydrogens is 871 g/mol. The zero-order chi connectivity index (χ0) is 50.4. The smallest absolute Gasteiger partial charge is 0.335 e. The van der Waals surface area contributed by atoms with Crippen LogP contribution in [0.15, 0.2) is 97.1 Å². The average Bonchev–Trinajstić information content (AvgIpc) is 3.37. The number of hydrogen-bond donors (Lipinski definition) is 2. The van der Waals surface area contributed by atoms with Crippen molar-refractivity contribution in [2.75, 3.05) is 39.3 Å². The van der Waals surface area contributed by atoms with E-state index in [0.717, 1.165) is 100 Å². The number of carboxylic acids is 1. The van der Waals surface area contributed by atoms with E-state index in [9.17, 15) is 24.3 Å². The molecule has 0 aliphatic carbocycles. The minimum atomic E-state index is -0.933. The van der Waals surface area contributed by atoms with Crippen LogP contribution in [0.1, 0.15) is 182 Å². The Bertz CT molecular complexity index is 2020. The number of nitrogens with two attached hydrogens (primary N) is 1. The number of carboxylic acid groups (broad SMARTS) is 1. The van der Waals surface area contributed by atoms with Gasteiger partial charge in [0.1, 0.15) is 0 Å². The molecule has 3 N–H and O–H groups in total. The molecule has 2 aliphatic heterocycles. The van der Waals surface area contributed by atoms with Gasteiger partial charge in [0.05, 0.1) is 5.56 Å². The summed E-state index contributed by atoms with van der Waals surface area (Å²) in [6.07, 6.45) is 15.7. The zero-order valence-electron chi connectivity index (χ0n) is 43.5. The Morgan fingerprint density at radius 2 is 0.843 bits per heavy atom. The summed E-state index contributed by atoms with van der Waals surface area (Å²) in [5.41, 5.74) is 12.2. The molecule has 10 heteroatoms. The highest BCUT2D eigenvalue weighted by Crippen LogP contribution is 2.25.